The summed E-state index contributed by atoms with van der Waals surface area (Å²) in [6.07, 6.45) is 5.13. The number of nitrogens with zero attached hydrogens (tertiary/aromatic N) is 4. The van der Waals surface area contributed by atoms with Crippen molar-refractivity contribution in [1.29, 1.82) is 0 Å². The minimum absolute atomic E-state index is 0.0936. The Labute approximate surface area is 195 Å². The van der Waals surface area contributed by atoms with Crippen LogP contribution >= 0.6 is 23.8 Å². The Morgan fingerprint density at radius 2 is 1.90 bits per heavy atom. The molecule has 8 heteroatoms. The van der Waals surface area contributed by atoms with Gasteiger partial charge >= 0.3 is 0 Å². The van der Waals surface area contributed by atoms with E-state index in [1.807, 2.05) is 25.2 Å². The number of fused-ring (bicyclic) bond motifs is 1. The zero-order valence-corrected chi connectivity index (χ0v) is 20.0. The smallest absolute Gasteiger partial charge is 0.272 e. The highest BCUT2D eigenvalue weighted by Crippen LogP contribution is 2.34. The summed E-state index contributed by atoms with van der Waals surface area (Å²) in [5, 5.41) is 4.56. The van der Waals surface area contributed by atoms with Crippen molar-refractivity contribution in [3.8, 4) is 0 Å². The third-order valence-corrected chi connectivity index (χ3v) is 7.40. The third-order valence-electron chi connectivity index (χ3n) is 6.79. The van der Waals surface area contributed by atoms with Crippen molar-refractivity contribution in [2.24, 2.45) is 10.9 Å². The lowest BCUT2D eigenvalue weighted by Crippen LogP contribution is -2.55. The van der Waals surface area contributed by atoms with E-state index < -0.39 is 6.17 Å². The van der Waals surface area contributed by atoms with E-state index in [9.17, 15) is 4.79 Å². The molecule has 0 radical (unpaired) electrons. The average molecular weight is 462 g/mol. The number of benzodiazepines with no additional fused rings is 1. The molecule has 1 saturated carbocycles. The van der Waals surface area contributed by atoms with Gasteiger partial charge in [-0.05, 0) is 49.8 Å². The monoisotopic (exact) mass is 461 g/mol. The minimum atomic E-state index is -0.718. The van der Waals surface area contributed by atoms with Gasteiger partial charge in [0.25, 0.3) is 5.91 Å². The van der Waals surface area contributed by atoms with Crippen LogP contribution in [-0.2, 0) is 4.79 Å². The fourth-order valence-corrected chi connectivity index (χ4v) is 5.31. The Balaban J connectivity index is 1.62. The molecule has 1 unspecified atom stereocenters. The molecule has 2 aliphatic heterocycles. The molecule has 31 heavy (non-hydrogen) atoms. The lowest BCUT2D eigenvalue weighted by molar-refractivity contribution is -0.119. The Morgan fingerprint density at radius 1 is 1.19 bits per heavy atom. The maximum absolute atomic E-state index is 13.4. The summed E-state index contributed by atoms with van der Waals surface area (Å²) >= 11 is 12.1. The van der Waals surface area contributed by atoms with Crippen LogP contribution in [0.4, 0.5) is 5.69 Å². The molecule has 1 atom stereocenters. The van der Waals surface area contributed by atoms with Crippen LogP contribution < -0.4 is 10.2 Å². The highest BCUT2D eigenvalue weighted by molar-refractivity contribution is 7.80. The number of carbonyl (C=O) groups is 1. The molecule has 6 nitrogen and oxygen atoms in total. The van der Waals surface area contributed by atoms with E-state index in [4.69, 9.17) is 28.8 Å². The van der Waals surface area contributed by atoms with Crippen LogP contribution in [-0.4, -0.2) is 72.5 Å². The molecule has 1 N–H and O–H groups in total. The average Bonchev–Trinajstić information content (AvgIpc) is 2.90. The number of carbonyl (C=O) groups excluding carboxylic acids is 1. The molecule has 4 rings (SSSR count). The van der Waals surface area contributed by atoms with Gasteiger partial charge in [0, 0.05) is 49.7 Å². The summed E-state index contributed by atoms with van der Waals surface area (Å²) in [7, 11) is 1.81. The Kier molecular flexibility index (Phi) is 7.14. The number of nitrogens with one attached hydrogen (secondary N) is 1. The lowest BCUT2D eigenvalue weighted by atomic mass is 9.83. The first kappa shape index (κ1) is 22.5. The number of benzene rings is 1. The summed E-state index contributed by atoms with van der Waals surface area (Å²) in [6, 6.07) is 5.73. The zero-order valence-electron chi connectivity index (χ0n) is 18.4. The highest BCUT2D eigenvalue weighted by Gasteiger charge is 2.34. The summed E-state index contributed by atoms with van der Waals surface area (Å²) < 4.78 is 0. The van der Waals surface area contributed by atoms with Gasteiger partial charge in [0.2, 0.25) is 6.17 Å². The molecule has 2 fully saturated rings. The van der Waals surface area contributed by atoms with Gasteiger partial charge in [0.05, 0.1) is 11.4 Å². The number of aliphatic imine (C=N–C) groups is 1. The molecule has 1 amide bonds. The van der Waals surface area contributed by atoms with Crippen LogP contribution in [0.25, 0.3) is 0 Å². The first-order chi connectivity index (χ1) is 15.0. The van der Waals surface area contributed by atoms with E-state index in [2.05, 4.69) is 22.0 Å². The maximum atomic E-state index is 13.4. The molecule has 0 bridgehead atoms. The van der Waals surface area contributed by atoms with Crippen molar-refractivity contribution < 1.29 is 4.79 Å². The summed E-state index contributed by atoms with van der Waals surface area (Å²) in [6.45, 7) is 6.93. The Bertz CT molecular complexity index is 862. The van der Waals surface area contributed by atoms with E-state index >= 15 is 0 Å². The number of halogens is 1. The van der Waals surface area contributed by atoms with Crippen LogP contribution in [0.3, 0.4) is 0 Å². The van der Waals surface area contributed by atoms with Crippen molar-refractivity contribution in [2.75, 3.05) is 44.7 Å². The molecule has 2 heterocycles. The van der Waals surface area contributed by atoms with Gasteiger partial charge < -0.3 is 20.0 Å². The molecular formula is C23H32ClN5OS. The zero-order chi connectivity index (χ0) is 22.0. The molecule has 1 aromatic rings. The van der Waals surface area contributed by atoms with Gasteiger partial charge in [-0.3, -0.25) is 9.79 Å². The van der Waals surface area contributed by atoms with Crippen LogP contribution in [0.15, 0.2) is 23.2 Å². The number of likely N-dealkylation sites (N-methyl/N-ethyl adjacent to an activating group) is 2. The summed E-state index contributed by atoms with van der Waals surface area (Å²) in [5.41, 5.74) is 2.83. The predicted octanol–water partition coefficient (Wildman–Crippen LogP) is 3.52. The van der Waals surface area contributed by atoms with E-state index in [0.717, 1.165) is 62.5 Å². The normalized spacial score (nSPS) is 23.3. The van der Waals surface area contributed by atoms with E-state index in [0.29, 0.717) is 16.1 Å². The van der Waals surface area contributed by atoms with E-state index in [1.165, 1.54) is 19.3 Å². The Hall–Kier alpha value is -1.70. The molecule has 168 valence electrons. The fourth-order valence-electron chi connectivity index (χ4n) is 4.84. The van der Waals surface area contributed by atoms with Crippen molar-refractivity contribution in [1.82, 2.24) is 15.1 Å². The van der Waals surface area contributed by atoms with E-state index in [-0.39, 0.29) is 5.91 Å². The van der Waals surface area contributed by atoms with Gasteiger partial charge in [0.1, 0.15) is 0 Å². The molecule has 0 aromatic heterocycles. The molecule has 1 aromatic carbocycles. The largest absolute Gasteiger partial charge is 0.347 e. The molecule has 1 aliphatic carbocycles. The lowest BCUT2D eigenvalue weighted by Gasteiger charge is -2.36. The minimum Gasteiger partial charge on any atom is -0.347 e. The topological polar surface area (TPSA) is 51.2 Å². The Morgan fingerprint density at radius 3 is 2.58 bits per heavy atom. The quantitative estimate of drug-likeness (QED) is 0.698. The van der Waals surface area contributed by atoms with Gasteiger partial charge in [-0.2, -0.15) is 0 Å². The van der Waals surface area contributed by atoms with Crippen molar-refractivity contribution >= 4 is 46.2 Å². The highest BCUT2D eigenvalue weighted by atomic mass is 35.5. The fraction of sp³-hybridized carbons (Fsp3) is 0.609. The van der Waals surface area contributed by atoms with Crippen molar-refractivity contribution in [2.45, 2.75) is 45.2 Å². The molecular weight excluding hydrogens is 430 g/mol. The molecule has 0 spiro atoms. The predicted molar refractivity (Wildman–Crippen MR) is 131 cm³/mol. The number of thiocarbonyl (C=S) groups is 1. The first-order valence-electron chi connectivity index (χ1n) is 11.4. The van der Waals surface area contributed by atoms with Crippen LogP contribution in [0, 0.1) is 5.92 Å². The maximum Gasteiger partial charge on any atom is 0.272 e. The SMILES string of the molecule is CCN1CCN(C(=S)NC2N=C(C3CCCCC3)c3cc(Cl)ccc3N(C)C2=O)CC1. The van der Waals surface area contributed by atoms with Crippen LogP contribution in [0.5, 0.6) is 0 Å². The van der Waals surface area contributed by atoms with Gasteiger partial charge in [0.15, 0.2) is 5.11 Å². The molecule has 3 aliphatic rings. The van der Waals surface area contributed by atoms with Gasteiger partial charge in [-0.25, -0.2) is 0 Å². The molecule has 1 saturated heterocycles. The first-order valence-corrected chi connectivity index (χ1v) is 12.2. The van der Waals surface area contributed by atoms with E-state index in [1.54, 1.807) is 4.90 Å². The van der Waals surface area contributed by atoms with Crippen molar-refractivity contribution in [3.63, 3.8) is 0 Å². The van der Waals surface area contributed by atoms with Gasteiger partial charge in [-0.1, -0.05) is 37.8 Å². The van der Waals surface area contributed by atoms with Crippen LogP contribution in [0.1, 0.15) is 44.6 Å². The van der Waals surface area contributed by atoms with Crippen LogP contribution in [0.2, 0.25) is 5.02 Å². The second-order valence-corrected chi connectivity index (χ2v) is 9.50. The number of hydrogen-bond donors (Lipinski definition) is 1. The third kappa shape index (κ3) is 4.89. The second kappa shape index (κ2) is 9.84. The second-order valence-electron chi connectivity index (χ2n) is 8.68. The van der Waals surface area contributed by atoms with Gasteiger partial charge in [-0.15, -0.1) is 0 Å². The van der Waals surface area contributed by atoms with Crippen molar-refractivity contribution in [3.05, 3.63) is 28.8 Å². The standard InChI is InChI=1S/C23H32ClN5OS/c1-3-28-11-13-29(14-12-28)23(31)26-21-22(30)27(2)19-10-9-17(24)15-18(19)20(25-21)16-7-5-4-6-8-16/h9-10,15-16,21H,3-8,11-14H2,1-2H3,(H,26,31). The number of rotatable bonds is 3. The number of hydrogen-bond acceptors (Lipinski definition) is 4. The number of amides is 1. The number of anilines is 1. The summed E-state index contributed by atoms with van der Waals surface area (Å²) in [5.74, 6) is 0.250. The number of piperazine rings is 1. The summed E-state index contributed by atoms with van der Waals surface area (Å²) in [4.78, 5) is 24.6.